The summed E-state index contributed by atoms with van der Waals surface area (Å²) in [6.45, 7) is 4.30. The van der Waals surface area contributed by atoms with Gasteiger partial charge >= 0.3 is 0 Å². The average molecular weight is 366 g/mol. The van der Waals surface area contributed by atoms with Crippen LogP contribution in [0.15, 0.2) is 49.0 Å². The Balaban J connectivity index is 2.22. The first kappa shape index (κ1) is 13.9. The molecule has 0 N–H and O–H groups in total. The van der Waals surface area contributed by atoms with Gasteiger partial charge in [-0.2, -0.15) is 0 Å². The van der Waals surface area contributed by atoms with Crippen LogP contribution >= 0.6 is 22.6 Å². The fraction of sp³-hybridized carbons (Fsp3) is 0.125. The van der Waals surface area contributed by atoms with Gasteiger partial charge in [-0.1, -0.05) is 43.0 Å². The van der Waals surface area contributed by atoms with Gasteiger partial charge in [0.25, 0.3) is 0 Å². The summed E-state index contributed by atoms with van der Waals surface area (Å²) in [7, 11) is 1.65. The van der Waals surface area contributed by atoms with Gasteiger partial charge in [0.05, 0.1) is 10.7 Å². The Hall–Kier alpha value is -1.49. The van der Waals surface area contributed by atoms with Gasteiger partial charge in [-0.25, -0.2) is 0 Å². The van der Waals surface area contributed by atoms with E-state index in [0.29, 0.717) is 6.61 Å². The van der Waals surface area contributed by atoms with Crippen molar-refractivity contribution < 1.29 is 9.47 Å². The van der Waals surface area contributed by atoms with Crippen molar-refractivity contribution in [3.05, 3.63) is 63.7 Å². The fourth-order valence-corrected chi connectivity index (χ4v) is 2.51. The lowest BCUT2D eigenvalue weighted by Crippen LogP contribution is -2.00. The maximum absolute atomic E-state index is 5.88. The van der Waals surface area contributed by atoms with Crippen LogP contribution in [0.2, 0.25) is 0 Å². The van der Waals surface area contributed by atoms with E-state index >= 15 is 0 Å². The van der Waals surface area contributed by atoms with E-state index in [0.717, 1.165) is 26.2 Å². The number of ether oxygens (including phenoxy) is 2. The molecule has 2 aromatic carbocycles. The number of hydrogen-bond donors (Lipinski definition) is 0. The van der Waals surface area contributed by atoms with Gasteiger partial charge < -0.3 is 9.47 Å². The molecule has 0 amide bonds. The third-order valence-corrected chi connectivity index (χ3v) is 3.51. The molecule has 2 aromatic rings. The molecular formula is C16H15IO2. The van der Waals surface area contributed by atoms with E-state index < -0.39 is 0 Å². The maximum Gasteiger partial charge on any atom is 0.174 e. The molecule has 19 heavy (non-hydrogen) atoms. The lowest BCUT2D eigenvalue weighted by molar-refractivity contribution is 0.282. The first-order valence-electron chi connectivity index (χ1n) is 5.91. The van der Waals surface area contributed by atoms with Crippen LogP contribution in [0.5, 0.6) is 11.5 Å². The van der Waals surface area contributed by atoms with Gasteiger partial charge in [-0.3, -0.25) is 0 Å². The monoisotopic (exact) mass is 366 g/mol. The lowest BCUT2D eigenvalue weighted by atomic mass is 10.2. The quantitative estimate of drug-likeness (QED) is 0.725. The summed E-state index contributed by atoms with van der Waals surface area (Å²) in [5, 5.41) is 0. The Morgan fingerprint density at radius 1 is 1.21 bits per heavy atom. The molecule has 0 atom stereocenters. The van der Waals surface area contributed by atoms with E-state index in [2.05, 4.69) is 29.2 Å². The Morgan fingerprint density at radius 2 is 1.95 bits per heavy atom. The molecule has 0 bridgehead atoms. The zero-order chi connectivity index (χ0) is 13.7. The van der Waals surface area contributed by atoms with Crippen molar-refractivity contribution in [2.75, 3.05) is 7.11 Å². The second-order valence-corrected chi connectivity index (χ2v) is 5.17. The molecular weight excluding hydrogens is 351 g/mol. The summed E-state index contributed by atoms with van der Waals surface area (Å²) in [6, 6.07) is 14.0. The molecule has 0 aliphatic rings. The van der Waals surface area contributed by atoms with Crippen LogP contribution in [-0.4, -0.2) is 7.11 Å². The van der Waals surface area contributed by atoms with E-state index in [1.54, 1.807) is 13.2 Å². The molecule has 0 saturated carbocycles. The van der Waals surface area contributed by atoms with Gasteiger partial charge in [0.15, 0.2) is 11.5 Å². The zero-order valence-corrected chi connectivity index (χ0v) is 12.9. The number of benzene rings is 2. The van der Waals surface area contributed by atoms with Crippen LogP contribution in [-0.2, 0) is 6.61 Å². The highest BCUT2D eigenvalue weighted by Crippen LogP contribution is 2.34. The molecule has 0 radical (unpaired) electrons. The Kier molecular flexibility index (Phi) is 4.85. The Bertz CT molecular complexity index is 564. The summed E-state index contributed by atoms with van der Waals surface area (Å²) in [5.74, 6) is 1.51. The highest BCUT2D eigenvalue weighted by molar-refractivity contribution is 14.1. The molecule has 3 heteroatoms. The number of halogens is 1. The summed E-state index contributed by atoms with van der Waals surface area (Å²) >= 11 is 2.25. The molecule has 0 aromatic heterocycles. The minimum absolute atomic E-state index is 0.528. The van der Waals surface area contributed by atoms with Crippen molar-refractivity contribution in [1.29, 1.82) is 0 Å². The second kappa shape index (κ2) is 6.61. The van der Waals surface area contributed by atoms with Crippen molar-refractivity contribution in [2.45, 2.75) is 6.61 Å². The van der Waals surface area contributed by atoms with E-state index in [9.17, 15) is 0 Å². The first-order chi connectivity index (χ1) is 9.24. The van der Waals surface area contributed by atoms with Crippen molar-refractivity contribution in [3.63, 3.8) is 0 Å². The summed E-state index contributed by atoms with van der Waals surface area (Å²) in [4.78, 5) is 0. The maximum atomic E-state index is 5.88. The number of rotatable bonds is 5. The van der Waals surface area contributed by atoms with Gasteiger partial charge in [0, 0.05) is 0 Å². The smallest absolute Gasteiger partial charge is 0.174 e. The zero-order valence-electron chi connectivity index (χ0n) is 10.7. The topological polar surface area (TPSA) is 18.5 Å². The standard InChI is InChI=1S/C16H15IO2/c1-3-12-9-14(17)16(15(10-12)18-2)19-11-13-7-5-4-6-8-13/h3-10H,1,11H2,2H3. The predicted octanol–water partition coefficient (Wildman–Crippen LogP) is 4.52. The van der Waals surface area contributed by atoms with Gasteiger partial charge in [-0.05, 0) is 45.9 Å². The van der Waals surface area contributed by atoms with E-state index in [1.807, 2.05) is 42.5 Å². The second-order valence-electron chi connectivity index (χ2n) is 4.01. The molecule has 0 heterocycles. The van der Waals surface area contributed by atoms with Gasteiger partial charge in [0.2, 0.25) is 0 Å². The summed E-state index contributed by atoms with van der Waals surface area (Å²) in [5.41, 5.74) is 2.15. The molecule has 0 aliphatic heterocycles. The minimum Gasteiger partial charge on any atom is -0.493 e. The predicted molar refractivity (Wildman–Crippen MR) is 86.6 cm³/mol. The Labute approximate surface area is 127 Å². The van der Waals surface area contributed by atoms with Crippen molar-refractivity contribution >= 4 is 28.7 Å². The van der Waals surface area contributed by atoms with Crippen LogP contribution in [0.25, 0.3) is 6.08 Å². The number of methoxy groups -OCH3 is 1. The highest BCUT2D eigenvalue weighted by Gasteiger charge is 2.10. The molecule has 0 saturated heterocycles. The molecule has 2 nitrogen and oxygen atoms in total. The van der Waals surface area contributed by atoms with E-state index in [1.165, 1.54) is 0 Å². The largest absolute Gasteiger partial charge is 0.493 e. The fourth-order valence-electron chi connectivity index (χ4n) is 1.73. The average Bonchev–Trinajstić information content (AvgIpc) is 2.46. The minimum atomic E-state index is 0.528. The molecule has 0 unspecified atom stereocenters. The van der Waals surface area contributed by atoms with Crippen LogP contribution < -0.4 is 9.47 Å². The molecule has 0 aliphatic carbocycles. The molecule has 2 rings (SSSR count). The Morgan fingerprint density at radius 3 is 2.58 bits per heavy atom. The number of hydrogen-bond acceptors (Lipinski definition) is 2. The van der Waals surface area contributed by atoms with E-state index in [-0.39, 0.29) is 0 Å². The third kappa shape index (κ3) is 3.50. The van der Waals surface area contributed by atoms with Gasteiger partial charge in [0.1, 0.15) is 6.61 Å². The van der Waals surface area contributed by atoms with Crippen molar-refractivity contribution in [1.82, 2.24) is 0 Å². The van der Waals surface area contributed by atoms with Crippen LogP contribution in [0.4, 0.5) is 0 Å². The highest BCUT2D eigenvalue weighted by atomic mass is 127. The SMILES string of the molecule is C=Cc1cc(I)c(OCc2ccccc2)c(OC)c1. The first-order valence-corrected chi connectivity index (χ1v) is 6.99. The summed E-state index contributed by atoms with van der Waals surface area (Å²) in [6.07, 6.45) is 1.80. The van der Waals surface area contributed by atoms with Gasteiger partial charge in [-0.15, -0.1) is 0 Å². The van der Waals surface area contributed by atoms with Crippen LogP contribution in [0.1, 0.15) is 11.1 Å². The van der Waals surface area contributed by atoms with Crippen LogP contribution in [0.3, 0.4) is 0 Å². The summed E-state index contributed by atoms with van der Waals surface area (Å²) < 4.78 is 12.3. The van der Waals surface area contributed by atoms with Crippen molar-refractivity contribution in [2.24, 2.45) is 0 Å². The van der Waals surface area contributed by atoms with E-state index in [4.69, 9.17) is 9.47 Å². The van der Waals surface area contributed by atoms with Crippen LogP contribution in [0, 0.1) is 3.57 Å². The third-order valence-electron chi connectivity index (χ3n) is 2.71. The van der Waals surface area contributed by atoms with Crippen molar-refractivity contribution in [3.8, 4) is 11.5 Å². The molecule has 98 valence electrons. The lowest BCUT2D eigenvalue weighted by Gasteiger charge is -2.13. The molecule has 0 fully saturated rings. The normalized spacial score (nSPS) is 10.0. The molecule has 0 spiro atoms.